The van der Waals surface area contributed by atoms with Gasteiger partial charge in [0.05, 0.1) is 12.7 Å². The Morgan fingerprint density at radius 2 is 2.37 bits per heavy atom. The van der Waals surface area contributed by atoms with E-state index in [1.54, 1.807) is 17.2 Å². The van der Waals surface area contributed by atoms with Crippen molar-refractivity contribution in [2.24, 2.45) is 0 Å². The van der Waals surface area contributed by atoms with E-state index in [0.29, 0.717) is 19.5 Å². The third kappa shape index (κ3) is 2.26. The molecule has 0 aromatic carbocycles. The van der Waals surface area contributed by atoms with E-state index in [2.05, 4.69) is 10.3 Å². The molecule has 0 fully saturated rings. The van der Waals surface area contributed by atoms with Gasteiger partial charge in [-0.1, -0.05) is 5.16 Å². The minimum Gasteiger partial charge on any atom is -0.361 e. The van der Waals surface area contributed by atoms with E-state index >= 15 is 0 Å². The Morgan fingerprint density at radius 1 is 1.47 bits per heavy atom. The molecular formula is C12H12N4O3. The molecule has 0 unspecified atom stereocenters. The monoisotopic (exact) mass is 260 g/mol. The Balaban J connectivity index is 1.73. The highest BCUT2D eigenvalue weighted by atomic mass is 16.5. The second-order valence-corrected chi connectivity index (χ2v) is 4.36. The molecule has 7 nitrogen and oxygen atoms in total. The minimum atomic E-state index is -0.279. The summed E-state index contributed by atoms with van der Waals surface area (Å²) in [6.07, 6.45) is 3.77. The van der Waals surface area contributed by atoms with Gasteiger partial charge in [-0.25, -0.2) is 4.68 Å². The smallest absolute Gasteiger partial charge is 0.267 e. The number of fused-ring (bicyclic) bond motifs is 1. The third-order valence-electron chi connectivity index (χ3n) is 3.12. The van der Waals surface area contributed by atoms with Gasteiger partial charge in [-0.2, -0.15) is 5.10 Å². The lowest BCUT2D eigenvalue weighted by atomic mass is 10.1. The van der Waals surface area contributed by atoms with E-state index in [1.165, 1.54) is 12.3 Å². The van der Waals surface area contributed by atoms with Crippen molar-refractivity contribution in [2.45, 2.75) is 19.5 Å². The minimum absolute atomic E-state index is 0.0414. The number of hydrogen-bond donors (Lipinski definition) is 0. The average molecular weight is 260 g/mol. The number of hydrogen-bond acceptors (Lipinski definition) is 5. The first-order valence-electron chi connectivity index (χ1n) is 5.96. The summed E-state index contributed by atoms with van der Waals surface area (Å²) in [5.41, 5.74) is 0.645. The molecule has 1 amide bonds. The lowest BCUT2D eigenvalue weighted by Crippen LogP contribution is -2.39. The number of rotatable bonds is 2. The molecule has 0 saturated heterocycles. The maximum atomic E-state index is 12.1. The highest BCUT2D eigenvalue weighted by molar-refractivity contribution is 5.76. The number of aromatic nitrogens is 3. The molecule has 0 radical (unpaired) electrons. The first-order chi connectivity index (χ1) is 9.24. The van der Waals surface area contributed by atoms with Crippen LogP contribution in [0.5, 0.6) is 0 Å². The zero-order chi connectivity index (χ0) is 13.2. The standard InChI is InChI=1S/C12H12N4O3/c17-11-2-1-4-13-16(11)8-12(18)15-5-3-10-9(7-15)6-14-19-10/h1-2,4,6H,3,5,7-8H2. The van der Waals surface area contributed by atoms with Gasteiger partial charge in [0, 0.05) is 30.8 Å². The molecule has 19 heavy (non-hydrogen) atoms. The number of carbonyl (C=O) groups excluding carboxylic acids is 1. The van der Waals surface area contributed by atoms with Gasteiger partial charge in [0.15, 0.2) is 0 Å². The molecule has 7 heteroatoms. The van der Waals surface area contributed by atoms with Gasteiger partial charge in [0.1, 0.15) is 12.3 Å². The van der Waals surface area contributed by atoms with Gasteiger partial charge in [0.2, 0.25) is 5.91 Å². The van der Waals surface area contributed by atoms with Crippen molar-refractivity contribution in [3.8, 4) is 0 Å². The fourth-order valence-corrected chi connectivity index (χ4v) is 2.09. The van der Waals surface area contributed by atoms with E-state index in [1.807, 2.05) is 0 Å². The van der Waals surface area contributed by atoms with Crippen LogP contribution in [0.15, 0.2) is 33.8 Å². The van der Waals surface area contributed by atoms with Crippen molar-refractivity contribution in [3.05, 3.63) is 46.2 Å². The fourth-order valence-electron chi connectivity index (χ4n) is 2.09. The quantitative estimate of drug-likeness (QED) is 0.748. The highest BCUT2D eigenvalue weighted by Gasteiger charge is 2.23. The summed E-state index contributed by atoms with van der Waals surface area (Å²) in [4.78, 5) is 25.3. The van der Waals surface area contributed by atoms with Crippen LogP contribution in [0.1, 0.15) is 11.3 Å². The summed E-state index contributed by atoms with van der Waals surface area (Å²) in [6.45, 7) is 1.00. The second kappa shape index (κ2) is 4.68. The molecule has 0 spiro atoms. The van der Waals surface area contributed by atoms with Crippen molar-refractivity contribution in [1.29, 1.82) is 0 Å². The molecule has 98 valence electrons. The summed E-state index contributed by atoms with van der Waals surface area (Å²) in [5, 5.41) is 7.59. The molecule has 2 aromatic rings. The molecule has 3 rings (SSSR count). The SMILES string of the molecule is O=C(Cn1ncccc1=O)N1CCc2oncc2C1. The molecular weight excluding hydrogens is 248 g/mol. The number of nitrogens with zero attached hydrogens (tertiary/aromatic N) is 4. The van der Waals surface area contributed by atoms with Crippen LogP contribution in [0.4, 0.5) is 0 Å². The molecule has 1 aliphatic rings. The maximum absolute atomic E-state index is 12.1. The van der Waals surface area contributed by atoms with E-state index in [-0.39, 0.29) is 18.0 Å². The van der Waals surface area contributed by atoms with Gasteiger partial charge < -0.3 is 9.42 Å². The molecule has 0 N–H and O–H groups in total. The Kier molecular flexibility index (Phi) is 2.86. The van der Waals surface area contributed by atoms with Gasteiger partial charge in [0.25, 0.3) is 5.56 Å². The Labute approximate surface area is 108 Å². The van der Waals surface area contributed by atoms with E-state index in [4.69, 9.17) is 4.52 Å². The van der Waals surface area contributed by atoms with Gasteiger partial charge >= 0.3 is 0 Å². The van der Waals surface area contributed by atoms with Crippen LogP contribution in [0.25, 0.3) is 0 Å². The van der Waals surface area contributed by atoms with Crippen LogP contribution in [-0.2, 0) is 24.3 Å². The predicted molar refractivity (Wildman–Crippen MR) is 64.1 cm³/mol. The number of carbonyl (C=O) groups is 1. The first-order valence-corrected chi connectivity index (χ1v) is 5.96. The summed E-state index contributed by atoms with van der Waals surface area (Å²) >= 11 is 0. The molecule has 2 aromatic heterocycles. The Hall–Kier alpha value is -2.44. The Morgan fingerprint density at radius 3 is 3.21 bits per heavy atom. The molecule has 3 heterocycles. The number of amides is 1. The van der Waals surface area contributed by atoms with E-state index in [9.17, 15) is 9.59 Å². The van der Waals surface area contributed by atoms with Crippen molar-refractivity contribution in [3.63, 3.8) is 0 Å². The van der Waals surface area contributed by atoms with Crippen LogP contribution in [0.2, 0.25) is 0 Å². The molecule has 0 saturated carbocycles. The van der Waals surface area contributed by atoms with Crippen LogP contribution in [-0.4, -0.2) is 32.3 Å². The summed E-state index contributed by atoms with van der Waals surface area (Å²) in [6, 6.07) is 2.93. The van der Waals surface area contributed by atoms with Crippen molar-refractivity contribution in [1.82, 2.24) is 19.8 Å². The topological polar surface area (TPSA) is 81.2 Å². The van der Waals surface area contributed by atoms with E-state index < -0.39 is 0 Å². The van der Waals surface area contributed by atoms with Crippen LogP contribution >= 0.6 is 0 Å². The van der Waals surface area contributed by atoms with Crippen molar-refractivity contribution >= 4 is 5.91 Å². The molecule has 1 aliphatic heterocycles. The first kappa shape index (κ1) is 11.6. The Bertz CT molecular complexity index is 661. The van der Waals surface area contributed by atoms with Crippen LogP contribution < -0.4 is 5.56 Å². The third-order valence-corrected chi connectivity index (χ3v) is 3.12. The summed E-state index contributed by atoms with van der Waals surface area (Å²) < 4.78 is 6.22. The zero-order valence-corrected chi connectivity index (χ0v) is 10.2. The largest absolute Gasteiger partial charge is 0.361 e. The lowest BCUT2D eigenvalue weighted by molar-refractivity contribution is -0.133. The molecule has 0 atom stereocenters. The zero-order valence-electron chi connectivity index (χ0n) is 10.2. The summed E-state index contributed by atoms with van der Waals surface area (Å²) in [5.74, 6) is 0.701. The van der Waals surface area contributed by atoms with Crippen LogP contribution in [0.3, 0.4) is 0 Å². The average Bonchev–Trinajstić information content (AvgIpc) is 2.88. The van der Waals surface area contributed by atoms with Crippen molar-refractivity contribution in [2.75, 3.05) is 6.54 Å². The van der Waals surface area contributed by atoms with Gasteiger partial charge in [-0.05, 0) is 6.07 Å². The highest BCUT2D eigenvalue weighted by Crippen LogP contribution is 2.18. The van der Waals surface area contributed by atoms with Gasteiger partial charge in [-0.15, -0.1) is 0 Å². The second-order valence-electron chi connectivity index (χ2n) is 4.36. The molecule has 0 aliphatic carbocycles. The predicted octanol–water partition coefficient (Wildman–Crippen LogP) is -0.184. The van der Waals surface area contributed by atoms with E-state index in [0.717, 1.165) is 16.0 Å². The van der Waals surface area contributed by atoms with Gasteiger partial charge in [-0.3, -0.25) is 9.59 Å². The van der Waals surface area contributed by atoms with Crippen molar-refractivity contribution < 1.29 is 9.32 Å². The van der Waals surface area contributed by atoms with Crippen LogP contribution in [0, 0.1) is 0 Å². The normalized spacial score (nSPS) is 14.2. The fraction of sp³-hybridized carbons (Fsp3) is 0.333. The summed E-state index contributed by atoms with van der Waals surface area (Å²) in [7, 11) is 0. The maximum Gasteiger partial charge on any atom is 0.267 e. The lowest BCUT2D eigenvalue weighted by Gasteiger charge is -2.25. The molecule has 0 bridgehead atoms.